The molecular weight excluding hydrogens is 316 g/mol. The second-order valence-corrected chi connectivity index (χ2v) is 5.51. The fraction of sp³-hybridized carbons (Fsp3) is 0.105. The maximum absolute atomic E-state index is 10.2. The maximum Gasteiger partial charge on any atom is 0.167 e. The minimum Gasteiger partial charge on any atom is -0.505 e. The number of pyridine rings is 2. The topological polar surface area (TPSA) is 98.1 Å². The van der Waals surface area contributed by atoms with Crippen molar-refractivity contribution < 1.29 is 9.63 Å². The first kappa shape index (κ1) is 16.4. The monoisotopic (exact) mass is 334 g/mol. The van der Waals surface area contributed by atoms with Gasteiger partial charge in [-0.15, -0.1) is 0 Å². The highest BCUT2D eigenvalue weighted by Gasteiger charge is 2.08. The van der Waals surface area contributed by atoms with Gasteiger partial charge in [-0.3, -0.25) is 9.97 Å². The number of aromatic hydroxyl groups is 1. The number of rotatable bonds is 2. The number of aryl methyl sites for hydroxylation is 1. The van der Waals surface area contributed by atoms with E-state index in [0.29, 0.717) is 17.8 Å². The number of aromatic nitrogens is 3. The quantitative estimate of drug-likeness (QED) is 0.582. The molecule has 6 nitrogen and oxygen atoms in total. The number of benzene rings is 1. The molecule has 0 amide bonds. The van der Waals surface area contributed by atoms with Crippen LogP contribution in [0.25, 0.3) is 10.9 Å². The Hall–Kier alpha value is -3.41. The van der Waals surface area contributed by atoms with Crippen LogP contribution in [0.5, 0.6) is 5.75 Å². The number of phenolic OH excluding ortho intramolecular Hbond substituents is 1. The highest BCUT2D eigenvalue weighted by Crippen LogP contribution is 2.28. The van der Waals surface area contributed by atoms with E-state index in [1.807, 2.05) is 42.5 Å². The van der Waals surface area contributed by atoms with E-state index in [-0.39, 0.29) is 5.75 Å². The Morgan fingerprint density at radius 2 is 1.88 bits per heavy atom. The molecule has 0 radical (unpaired) electrons. The molecule has 4 aromatic rings. The van der Waals surface area contributed by atoms with Crippen LogP contribution in [0.2, 0.25) is 0 Å². The molecule has 3 heterocycles. The summed E-state index contributed by atoms with van der Waals surface area (Å²) < 4.78 is 4.59. The van der Waals surface area contributed by atoms with E-state index < -0.39 is 0 Å². The third-order valence-corrected chi connectivity index (χ3v) is 3.58. The second kappa shape index (κ2) is 7.44. The Labute approximate surface area is 145 Å². The number of nitrogen functional groups attached to an aromatic ring is 1. The minimum atomic E-state index is 0.249. The van der Waals surface area contributed by atoms with Gasteiger partial charge in [0.05, 0.1) is 0 Å². The van der Waals surface area contributed by atoms with Crippen LogP contribution in [-0.2, 0) is 6.42 Å². The number of nitrogens with zero attached hydrogens (tertiary/aromatic N) is 3. The summed E-state index contributed by atoms with van der Waals surface area (Å²) in [5, 5.41) is 14.6. The van der Waals surface area contributed by atoms with Crippen molar-refractivity contribution in [3.05, 3.63) is 77.9 Å². The van der Waals surface area contributed by atoms with Crippen molar-refractivity contribution in [2.45, 2.75) is 13.3 Å². The molecule has 6 heteroatoms. The van der Waals surface area contributed by atoms with Gasteiger partial charge in [0.2, 0.25) is 0 Å². The van der Waals surface area contributed by atoms with E-state index >= 15 is 0 Å². The zero-order valence-electron chi connectivity index (χ0n) is 13.8. The summed E-state index contributed by atoms with van der Waals surface area (Å²) in [6.07, 6.45) is 4.05. The lowest BCUT2D eigenvalue weighted by molar-refractivity contribution is 0.400. The van der Waals surface area contributed by atoms with Crippen molar-refractivity contribution in [1.82, 2.24) is 15.1 Å². The van der Waals surface area contributed by atoms with Crippen LogP contribution >= 0.6 is 0 Å². The number of phenols is 1. The fourth-order valence-corrected chi connectivity index (χ4v) is 2.40. The van der Waals surface area contributed by atoms with Crippen molar-refractivity contribution in [1.29, 1.82) is 0 Å². The van der Waals surface area contributed by atoms with Gasteiger partial charge in [-0.05, 0) is 25.1 Å². The van der Waals surface area contributed by atoms with Gasteiger partial charge in [0.15, 0.2) is 5.82 Å². The Kier molecular flexibility index (Phi) is 4.89. The molecule has 1 aromatic carbocycles. The van der Waals surface area contributed by atoms with E-state index in [2.05, 4.69) is 19.6 Å². The molecule has 0 aliphatic rings. The highest BCUT2D eigenvalue weighted by atomic mass is 16.5. The summed E-state index contributed by atoms with van der Waals surface area (Å²) in [5.74, 6) is 1.44. The summed E-state index contributed by atoms with van der Waals surface area (Å²) in [6.45, 7) is 1.80. The number of hydrogen-bond acceptors (Lipinski definition) is 6. The lowest BCUT2D eigenvalue weighted by atomic mass is 10.1. The smallest absolute Gasteiger partial charge is 0.167 e. The van der Waals surface area contributed by atoms with E-state index in [4.69, 9.17) is 5.73 Å². The van der Waals surface area contributed by atoms with Crippen molar-refractivity contribution in [2.24, 2.45) is 0 Å². The average Bonchev–Trinajstić information content (AvgIpc) is 3.02. The number of hydrogen-bond donors (Lipinski definition) is 2. The van der Waals surface area contributed by atoms with Crippen molar-refractivity contribution in [3.63, 3.8) is 0 Å². The first-order valence-electron chi connectivity index (χ1n) is 7.78. The van der Waals surface area contributed by atoms with Crippen molar-refractivity contribution in [3.8, 4) is 5.75 Å². The first-order chi connectivity index (χ1) is 12.1. The van der Waals surface area contributed by atoms with Gasteiger partial charge in [-0.25, -0.2) is 0 Å². The van der Waals surface area contributed by atoms with Crippen LogP contribution in [0.1, 0.15) is 17.0 Å². The van der Waals surface area contributed by atoms with Crippen molar-refractivity contribution >= 4 is 16.7 Å². The SMILES string of the molecule is Cc1cc(N)no1.Oc1c(Cc2ccccn2)ccc2cccnc12. The number of anilines is 1. The zero-order chi connectivity index (χ0) is 17.6. The van der Waals surface area contributed by atoms with Gasteiger partial charge in [-0.2, -0.15) is 0 Å². The predicted octanol–water partition coefficient (Wildman–Crippen LogP) is 3.49. The van der Waals surface area contributed by atoms with Crippen LogP contribution in [-0.4, -0.2) is 20.2 Å². The molecule has 0 unspecified atom stereocenters. The third kappa shape index (κ3) is 4.11. The molecule has 25 heavy (non-hydrogen) atoms. The van der Waals surface area contributed by atoms with E-state index in [9.17, 15) is 5.11 Å². The Morgan fingerprint density at radius 3 is 2.52 bits per heavy atom. The molecule has 0 spiro atoms. The van der Waals surface area contributed by atoms with E-state index in [0.717, 1.165) is 22.4 Å². The molecule has 3 aromatic heterocycles. The van der Waals surface area contributed by atoms with Crippen LogP contribution in [0, 0.1) is 6.92 Å². The van der Waals surface area contributed by atoms with Crippen LogP contribution in [0.3, 0.4) is 0 Å². The van der Waals surface area contributed by atoms with Crippen molar-refractivity contribution in [2.75, 3.05) is 5.73 Å². The molecule has 4 rings (SSSR count). The summed E-state index contributed by atoms with van der Waals surface area (Å²) in [6, 6.07) is 15.1. The number of nitrogens with two attached hydrogens (primary N) is 1. The van der Waals surface area contributed by atoms with Crippen LogP contribution < -0.4 is 5.73 Å². The Balaban J connectivity index is 0.000000219. The molecule has 0 saturated heterocycles. The van der Waals surface area contributed by atoms with Gasteiger partial charge >= 0.3 is 0 Å². The molecule has 0 fully saturated rings. The maximum atomic E-state index is 10.2. The van der Waals surface area contributed by atoms with Gasteiger partial charge in [-0.1, -0.05) is 29.4 Å². The van der Waals surface area contributed by atoms with E-state index in [1.54, 1.807) is 25.4 Å². The van der Waals surface area contributed by atoms with Crippen LogP contribution in [0.4, 0.5) is 5.82 Å². The molecule has 0 bridgehead atoms. The molecule has 126 valence electrons. The van der Waals surface area contributed by atoms with Crippen LogP contribution in [0.15, 0.2) is 65.4 Å². The molecule has 3 N–H and O–H groups in total. The summed E-state index contributed by atoms with van der Waals surface area (Å²) in [5.41, 5.74) is 7.60. The average molecular weight is 334 g/mol. The lowest BCUT2D eigenvalue weighted by Gasteiger charge is -2.06. The standard InChI is InChI=1S/C15H12N2O.C4H6N2O/c18-15-12(10-13-5-1-2-8-16-13)7-6-11-4-3-9-17-14(11)15;1-3-2-4(5)6-7-3/h1-9,18H,10H2;2H,1H3,(H2,5,6). The van der Waals surface area contributed by atoms with Gasteiger partial charge in [0.25, 0.3) is 0 Å². The summed E-state index contributed by atoms with van der Waals surface area (Å²) in [7, 11) is 0. The largest absolute Gasteiger partial charge is 0.505 e. The Bertz CT molecular complexity index is 951. The predicted molar refractivity (Wildman–Crippen MR) is 96.1 cm³/mol. The molecule has 0 aliphatic heterocycles. The molecule has 0 saturated carbocycles. The Morgan fingerprint density at radius 1 is 1.04 bits per heavy atom. The molecule has 0 aliphatic carbocycles. The zero-order valence-corrected chi connectivity index (χ0v) is 13.8. The minimum absolute atomic E-state index is 0.249. The normalized spacial score (nSPS) is 10.3. The van der Waals surface area contributed by atoms with Gasteiger partial charge in [0, 0.05) is 41.5 Å². The highest BCUT2D eigenvalue weighted by molar-refractivity contribution is 5.85. The van der Waals surface area contributed by atoms with Gasteiger partial charge < -0.3 is 15.4 Å². The second-order valence-electron chi connectivity index (χ2n) is 5.51. The summed E-state index contributed by atoms with van der Waals surface area (Å²) >= 11 is 0. The fourth-order valence-electron chi connectivity index (χ4n) is 2.40. The molecule has 0 atom stereocenters. The summed E-state index contributed by atoms with van der Waals surface area (Å²) in [4.78, 5) is 8.48. The van der Waals surface area contributed by atoms with Gasteiger partial charge in [0.1, 0.15) is 17.0 Å². The lowest BCUT2D eigenvalue weighted by Crippen LogP contribution is -1.93. The third-order valence-electron chi connectivity index (χ3n) is 3.58. The molecular formula is C19H18N4O2. The first-order valence-corrected chi connectivity index (χ1v) is 7.78. The number of fused-ring (bicyclic) bond motifs is 1. The van der Waals surface area contributed by atoms with E-state index in [1.165, 1.54) is 0 Å².